The lowest BCUT2D eigenvalue weighted by Crippen LogP contribution is -2.61. The summed E-state index contributed by atoms with van der Waals surface area (Å²) in [4.78, 5) is 27.5. The van der Waals surface area contributed by atoms with E-state index in [2.05, 4.69) is 5.32 Å². The average Bonchev–Trinajstić information content (AvgIpc) is 2.76. The van der Waals surface area contributed by atoms with Crippen molar-refractivity contribution in [2.75, 3.05) is 25.4 Å². The van der Waals surface area contributed by atoms with Crippen LogP contribution in [0.3, 0.4) is 0 Å². The standard InChI is InChI=1S/C23H26N4O4/c1-3-30-17-4-5-19-18(12-17)21(28)26-23(31-19)6-8-27(9-7-23)22(29)15-10-14(2)20(25)16(11-15)13-24/h4-5,10-13,24H,3,6-9,25H2,1-2H3,(H,26,28). The number of carbonyl (C=O) groups is 2. The van der Waals surface area contributed by atoms with Crippen LogP contribution in [-0.2, 0) is 0 Å². The SMILES string of the molecule is CCOc1ccc2c(c1)C(=O)NC1(CCN(C(=O)c3cc(C)c(N)c(C=N)c3)CC1)O2. The van der Waals surface area contributed by atoms with Crippen LogP contribution in [0.2, 0.25) is 0 Å². The van der Waals surface area contributed by atoms with Crippen LogP contribution in [0.15, 0.2) is 30.3 Å². The van der Waals surface area contributed by atoms with Crippen molar-refractivity contribution in [3.8, 4) is 11.5 Å². The third-order valence-corrected chi connectivity index (χ3v) is 5.83. The van der Waals surface area contributed by atoms with Crippen molar-refractivity contribution in [2.45, 2.75) is 32.4 Å². The Labute approximate surface area is 180 Å². The van der Waals surface area contributed by atoms with Gasteiger partial charge in [0.05, 0.1) is 12.2 Å². The van der Waals surface area contributed by atoms with Gasteiger partial charge in [-0.15, -0.1) is 0 Å². The number of nitrogen functional groups attached to an aromatic ring is 1. The molecule has 0 radical (unpaired) electrons. The zero-order chi connectivity index (χ0) is 22.2. The molecule has 0 bridgehead atoms. The van der Waals surface area contributed by atoms with E-state index >= 15 is 0 Å². The number of nitrogens with one attached hydrogen (secondary N) is 2. The van der Waals surface area contributed by atoms with Gasteiger partial charge in [-0.3, -0.25) is 9.59 Å². The Balaban J connectivity index is 1.48. The van der Waals surface area contributed by atoms with Gasteiger partial charge in [-0.05, 0) is 49.7 Å². The number of fused-ring (bicyclic) bond motifs is 1. The van der Waals surface area contributed by atoms with E-state index in [1.807, 2.05) is 13.8 Å². The highest BCUT2D eigenvalue weighted by Crippen LogP contribution is 2.35. The molecular formula is C23H26N4O4. The molecule has 2 amide bonds. The Kier molecular flexibility index (Phi) is 5.31. The maximum absolute atomic E-state index is 13.0. The molecule has 0 aliphatic carbocycles. The summed E-state index contributed by atoms with van der Waals surface area (Å²) in [6.07, 6.45) is 2.11. The number of ether oxygens (including phenoxy) is 2. The molecule has 0 unspecified atom stereocenters. The number of nitrogens with two attached hydrogens (primary N) is 1. The molecule has 4 N–H and O–H groups in total. The van der Waals surface area contributed by atoms with Crippen LogP contribution in [-0.4, -0.2) is 48.4 Å². The largest absolute Gasteiger partial charge is 0.494 e. The van der Waals surface area contributed by atoms with E-state index in [1.54, 1.807) is 35.2 Å². The third kappa shape index (κ3) is 3.81. The molecule has 2 aliphatic heterocycles. The third-order valence-electron chi connectivity index (χ3n) is 5.83. The second-order valence-corrected chi connectivity index (χ2v) is 7.87. The molecule has 1 spiro atoms. The summed E-state index contributed by atoms with van der Waals surface area (Å²) in [6.45, 7) is 5.11. The molecule has 0 aromatic heterocycles. The van der Waals surface area contributed by atoms with Gasteiger partial charge in [0.1, 0.15) is 11.5 Å². The maximum atomic E-state index is 13.0. The van der Waals surface area contributed by atoms with Gasteiger partial charge in [-0.25, -0.2) is 0 Å². The fourth-order valence-corrected chi connectivity index (χ4v) is 4.09. The summed E-state index contributed by atoms with van der Waals surface area (Å²) in [7, 11) is 0. The van der Waals surface area contributed by atoms with Gasteiger partial charge in [-0.1, -0.05) is 0 Å². The van der Waals surface area contributed by atoms with Gasteiger partial charge in [0, 0.05) is 49.0 Å². The van der Waals surface area contributed by atoms with Crippen molar-refractivity contribution in [2.24, 2.45) is 0 Å². The second-order valence-electron chi connectivity index (χ2n) is 7.87. The van der Waals surface area contributed by atoms with Crippen LogP contribution in [0.1, 0.15) is 51.6 Å². The van der Waals surface area contributed by atoms with Gasteiger partial charge in [-0.2, -0.15) is 0 Å². The molecule has 1 saturated heterocycles. The average molecular weight is 422 g/mol. The lowest BCUT2D eigenvalue weighted by molar-refractivity contribution is -0.0246. The Bertz CT molecular complexity index is 1060. The van der Waals surface area contributed by atoms with E-state index in [1.165, 1.54) is 0 Å². The highest BCUT2D eigenvalue weighted by molar-refractivity contribution is 5.99. The van der Waals surface area contributed by atoms with Crippen LogP contribution in [0.4, 0.5) is 5.69 Å². The van der Waals surface area contributed by atoms with Gasteiger partial charge in [0.25, 0.3) is 11.8 Å². The van der Waals surface area contributed by atoms with E-state index in [9.17, 15) is 9.59 Å². The second kappa shape index (κ2) is 7.94. The molecular weight excluding hydrogens is 396 g/mol. The fourth-order valence-electron chi connectivity index (χ4n) is 4.09. The zero-order valence-corrected chi connectivity index (χ0v) is 17.7. The smallest absolute Gasteiger partial charge is 0.258 e. The normalized spacial score (nSPS) is 16.8. The van der Waals surface area contributed by atoms with Crippen molar-refractivity contribution in [1.82, 2.24) is 10.2 Å². The van der Waals surface area contributed by atoms with E-state index in [4.69, 9.17) is 20.6 Å². The summed E-state index contributed by atoms with van der Waals surface area (Å²) >= 11 is 0. The molecule has 162 valence electrons. The van der Waals surface area contributed by atoms with E-state index in [0.29, 0.717) is 66.4 Å². The Morgan fingerprint density at radius 3 is 2.74 bits per heavy atom. The first-order valence-corrected chi connectivity index (χ1v) is 10.3. The summed E-state index contributed by atoms with van der Waals surface area (Å²) in [5, 5.41) is 10.5. The van der Waals surface area contributed by atoms with Crippen LogP contribution in [0.5, 0.6) is 11.5 Å². The Hall–Kier alpha value is -3.55. The first-order chi connectivity index (χ1) is 14.9. The van der Waals surface area contributed by atoms with Crippen LogP contribution >= 0.6 is 0 Å². The summed E-state index contributed by atoms with van der Waals surface area (Å²) in [5.74, 6) is 0.827. The molecule has 2 aromatic rings. The predicted octanol–water partition coefficient (Wildman–Crippen LogP) is 2.73. The number of aryl methyl sites for hydroxylation is 1. The molecule has 2 aliphatic rings. The van der Waals surface area contributed by atoms with E-state index in [0.717, 1.165) is 11.8 Å². The molecule has 8 heteroatoms. The quantitative estimate of drug-likeness (QED) is 0.517. The topological polar surface area (TPSA) is 118 Å². The number of likely N-dealkylation sites (tertiary alicyclic amines) is 1. The highest BCUT2D eigenvalue weighted by Gasteiger charge is 2.43. The van der Waals surface area contributed by atoms with E-state index < -0.39 is 5.72 Å². The predicted molar refractivity (Wildman–Crippen MR) is 117 cm³/mol. The van der Waals surface area contributed by atoms with Gasteiger partial charge in [0.15, 0.2) is 5.72 Å². The first-order valence-electron chi connectivity index (χ1n) is 10.3. The van der Waals surface area contributed by atoms with Crippen molar-refractivity contribution >= 4 is 23.7 Å². The van der Waals surface area contributed by atoms with Gasteiger partial charge in [0.2, 0.25) is 0 Å². The number of hydrogen-bond acceptors (Lipinski definition) is 6. The molecule has 0 saturated carbocycles. The van der Waals surface area contributed by atoms with Crippen LogP contribution in [0, 0.1) is 12.3 Å². The molecule has 2 heterocycles. The number of rotatable bonds is 4. The number of hydrogen-bond donors (Lipinski definition) is 3. The molecule has 8 nitrogen and oxygen atoms in total. The fraction of sp³-hybridized carbons (Fsp3) is 0.348. The molecule has 4 rings (SSSR count). The minimum Gasteiger partial charge on any atom is -0.494 e. The lowest BCUT2D eigenvalue weighted by Gasteiger charge is -2.44. The monoisotopic (exact) mass is 422 g/mol. The zero-order valence-electron chi connectivity index (χ0n) is 17.7. The number of anilines is 1. The van der Waals surface area contributed by atoms with Crippen LogP contribution < -0.4 is 20.5 Å². The van der Waals surface area contributed by atoms with Gasteiger partial charge >= 0.3 is 0 Å². The number of piperidine rings is 1. The molecule has 2 aromatic carbocycles. The van der Waals surface area contributed by atoms with Crippen molar-refractivity contribution in [3.05, 3.63) is 52.6 Å². The lowest BCUT2D eigenvalue weighted by atomic mass is 9.95. The minimum absolute atomic E-state index is 0.120. The Morgan fingerprint density at radius 1 is 1.32 bits per heavy atom. The number of carbonyl (C=O) groups excluding carboxylic acids is 2. The highest BCUT2D eigenvalue weighted by atomic mass is 16.5. The summed E-state index contributed by atoms with van der Waals surface area (Å²) in [6, 6.07) is 8.63. The summed E-state index contributed by atoms with van der Waals surface area (Å²) in [5.41, 5.74) is 7.90. The van der Waals surface area contributed by atoms with Crippen molar-refractivity contribution in [3.63, 3.8) is 0 Å². The van der Waals surface area contributed by atoms with Gasteiger partial charge < -0.3 is 30.8 Å². The summed E-state index contributed by atoms with van der Waals surface area (Å²) < 4.78 is 11.7. The maximum Gasteiger partial charge on any atom is 0.258 e. The number of nitrogens with zero attached hydrogens (tertiary/aromatic N) is 1. The minimum atomic E-state index is -0.828. The van der Waals surface area contributed by atoms with Crippen LogP contribution in [0.25, 0.3) is 0 Å². The molecule has 31 heavy (non-hydrogen) atoms. The Morgan fingerprint density at radius 2 is 2.06 bits per heavy atom. The number of benzene rings is 2. The molecule has 1 fully saturated rings. The van der Waals surface area contributed by atoms with Crippen molar-refractivity contribution in [1.29, 1.82) is 5.41 Å². The van der Waals surface area contributed by atoms with E-state index in [-0.39, 0.29) is 11.8 Å². The molecule has 0 atom stereocenters. The first kappa shape index (κ1) is 20.7. The van der Waals surface area contributed by atoms with Crippen molar-refractivity contribution < 1.29 is 19.1 Å². The number of amides is 2.